The third kappa shape index (κ3) is 1.85. The minimum Gasteiger partial charge on any atom is -0.382 e. The minimum absolute atomic E-state index is 0.0398. The number of anilines is 1. The summed E-state index contributed by atoms with van der Waals surface area (Å²) in [7, 11) is 0. The van der Waals surface area contributed by atoms with Crippen LogP contribution < -0.4 is 5.73 Å². The van der Waals surface area contributed by atoms with Crippen molar-refractivity contribution in [2.75, 3.05) is 5.73 Å². The first-order valence-corrected chi connectivity index (χ1v) is 6.26. The van der Waals surface area contributed by atoms with Crippen molar-refractivity contribution in [1.29, 1.82) is 0 Å². The number of aromatic nitrogens is 4. The van der Waals surface area contributed by atoms with Crippen LogP contribution >= 0.6 is 11.6 Å². The molecular weight excluding hydrogens is 281 g/mol. The number of aromatic amines is 2. The summed E-state index contributed by atoms with van der Waals surface area (Å²) in [6.45, 7) is 1.86. The number of H-pyrrole nitrogens is 2. The van der Waals surface area contributed by atoms with Crippen molar-refractivity contribution >= 4 is 17.4 Å². The van der Waals surface area contributed by atoms with Crippen LogP contribution in [0.15, 0.2) is 24.4 Å². The fourth-order valence-corrected chi connectivity index (χ4v) is 2.30. The van der Waals surface area contributed by atoms with Crippen LogP contribution in [0.1, 0.15) is 5.69 Å². The van der Waals surface area contributed by atoms with E-state index in [4.69, 9.17) is 17.3 Å². The summed E-state index contributed by atoms with van der Waals surface area (Å²) in [5, 5.41) is 13.6. The Kier molecular flexibility index (Phi) is 2.94. The summed E-state index contributed by atoms with van der Waals surface area (Å²) in [6, 6.07) is 4.76. The predicted molar refractivity (Wildman–Crippen MR) is 75.7 cm³/mol. The number of nitrogens with zero attached hydrogens (tertiary/aromatic N) is 2. The van der Waals surface area contributed by atoms with Gasteiger partial charge in [0.25, 0.3) is 0 Å². The third-order valence-corrected chi connectivity index (χ3v) is 3.41. The average Bonchev–Trinajstić information content (AvgIpc) is 2.99. The molecule has 7 heteroatoms. The monoisotopic (exact) mass is 291 g/mol. The van der Waals surface area contributed by atoms with Crippen molar-refractivity contribution in [3.63, 3.8) is 0 Å². The molecule has 102 valence electrons. The van der Waals surface area contributed by atoms with E-state index in [2.05, 4.69) is 20.4 Å². The summed E-state index contributed by atoms with van der Waals surface area (Å²) in [4.78, 5) is 0. The average molecular weight is 292 g/mol. The van der Waals surface area contributed by atoms with Gasteiger partial charge in [-0.2, -0.15) is 10.2 Å². The van der Waals surface area contributed by atoms with E-state index in [0.29, 0.717) is 16.8 Å². The Bertz CT molecular complexity index is 777. The summed E-state index contributed by atoms with van der Waals surface area (Å²) >= 11 is 5.83. The summed E-state index contributed by atoms with van der Waals surface area (Å²) in [5.74, 6) is -0.313. The molecule has 0 amide bonds. The molecule has 0 saturated heterocycles. The molecule has 0 radical (unpaired) electrons. The summed E-state index contributed by atoms with van der Waals surface area (Å²) in [5.41, 5.74) is 8.87. The molecule has 3 rings (SSSR count). The number of nitrogens with two attached hydrogens (primary N) is 1. The highest BCUT2D eigenvalue weighted by atomic mass is 35.5. The zero-order valence-electron chi connectivity index (χ0n) is 10.5. The molecule has 0 spiro atoms. The van der Waals surface area contributed by atoms with Crippen LogP contribution in [0.25, 0.3) is 22.4 Å². The first-order chi connectivity index (χ1) is 9.59. The van der Waals surface area contributed by atoms with Crippen LogP contribution in [-0.2, 0) is 0 Å². The molecule has 0 saturated carbocycles. The van der Waals surface area contributed by atoms with Gasteiger partial charge in [0.1, 0.15) is 5.82 Å². The standard InChI is InChI=1S/C13H11ClFN5/c1-6-8(5-17-18-6)12-10(13(16)20-19-12)7-3-2-4-9(14)11(7)15/h2-5H,1H3,(H,17,18)(H3,16,19,20). The molecule has 1 aromatic carbocycles. The van der Waals surface area contributed by atoms with E-state index in [-0.39, 0.29) is 10.8 Å². The fourth-order valence-electron chi connectivity index (χ4n) is 2.12. The number of nitrogen functional groups attached to an aromatic ring is 1. The normalized spacial score (nSPS) is 10.9. The lowest BCUT2D eigenvalue weighted by Crippen LogP contribution is -1.92. The second-order valence-electron chi connectivity index (χ2n) is 4.37. The van der Waals surface area contributed by atoms with Gasteiger partial charge in [-0.05, 0) is 13.0 Å². The second kappa shape index (κ2) is 4.64. The molecular formula is C13H11ClFN5. The Labute approximate surface area is 119 Å². The van der Waals surface area contributed by atoms with Gasteiger partial charge in [-0.15, -0.1) is 0 Å². The van der Waals surface area contributed by atoms with Gasteiger partial charge in [0, 0.05) is 16.8 Å². The molecule has 0 aliphatic heterocycles. The first kappa shape index (κ1) is 12.7. The van der Waals surface area contributed by atoms with E-state index in [1.165, 1.54) is 6.07 Å². The van der Waals surface area contributed by atoms with Crippen LogP contribution in [-0.4, -0.2) is 20.4 Å². The Balaban J connectivity index is 2.27. The summed E-state index contributed by atoms with van der Waals surface area (Å²) in [6.07, 6.45) is 1.63. The highest BCUT2D eigenvalue weighted by Gasteiger charge is 2.20. The summed E-state index contributed by atoms with van der Waals surface area (Å²) < 4.78 is 14.2. The SMILES string of the molecule is Cc1[nH]ncc1-c1[nH]nc(N)c1-c1cccc(Cl)c1F. The number of hydrogen-bond acceptors (Lipinski definition) is 3. The Hall–Kier alpha value is -2.34. The van der Waals surface area contributed by atoms with Crippen LogP contribution in [0, 0.1) is 12.7 Å². The molecule has 2 heterocycles. The maximum Gasteiger partial charge on any atom is 0.153 e. The van der Waals surface area contributed by atoms with E-state index >= 15 is 0 Å². The molecule has 0 fully saturated rings. The Morgan fingerprint density at radius 3 is 2.75 bits per heavy atom. The van der Waals surface area contributed by atoms with Crippen LogP contribution in [0.3, 0.4) is 0 Å². The maximum atomic E-state index is 14.2. The topological polar surface area (TPSA) is 83.4 Å². The molecule has 0 unspecified atom stereocenters. The van der Waals surface area contributed by atoms with Crippen LogP contribution in [0.4, 0.5) is 10.2 Å². The van der Waals surface area contributed by atoms with Crippen molar-refractivity contribution < 1.29 is 4.39 Å². The quantitative estimate of drug-likeness (QED) is 0.678. The maximum absolute atomic E-state index is 14.2. The van der Waals surface area contributed by atoms with Crippen molar-refractivity contribution in [3.05, 3.63) is 40.9 Å². The Morgan fingerprint density at radius 1 is 1.25 bits per heavy atom. The number of rotatable bonds is 2. The lowest BCUT2D eigenvalue weighted by atomic mass is 10.0. The highest BCUT2D eigenvalue weighted by molar-refractivity contribution is 6.31. The zero-order chi connectivity index (χ0) is 14.3. The molecule has 3 aromatic rings. The van der Waals surface area contributed by atoms with Gasteiger partial charge in [0.05, 0.1) is 22.5 Å². The molecule has 0 atom stereocenters. The van der Waals surface area contributed by atoms with E-state index in [1.54, 1.807) is 18.3 Å². The van der Waals surface area contributed by atoms with Gasteiger partial charge >= 0.3 is 0 Å². The van der Waals surface area contributed by atoms with Gasteiger partial charge in [0.15, 0.2) is 5.82 Å². The number of hydrogen-bond donors (Lipinski definition) is 3. The highest BCUT2D eigenvalue weighted by Crippen LogP contribution is 2.38. The van der Waals surface area contributed by atoms with E-state index in [1.807, 2.05) is 6.92 Å². The number of nitrogens with one attached hydrogen (secondary N) is 2. The van der Waals surface area contributed by atoms with Crippen LogP contribution in [0.2, 0.25) is 5.02 Å². The van der Waals surface area contributed by atoms with E-state index in [9.17, 15) is 4.39 Å². The smallest absolute Gasteiger partial charge is 0.153 e. The molecule has 2 aromatic heterocycles. The predicted octanol–water partition coefficient (Wildman–Crippen LogP) is 3.15. The van der Waals surface area contributed by atoms with Gasteiger partial charge in [-0.1, -0.05) is 23.7 Å². The van der Waals surface area contributed by atoms with Gasteiger partial charge < -0.3 is 5.73 Å². The molecule has 20 heavy (non-hydrogen) atoms. The van der Waals surface area contributed by atoms with Crippen molar-refractivity contribution in [1.82, 2.24) is 20.4 Å². The van der Waals surface area contributed by atoms with Crippen molar-refractivity contribution in [3.8, 4) is 22.4 Å². The largest absolute Gasteiger partial charge is 0.382 e. The number of benzene rings is 1. The molecule has 5 nitrogen and oxygen atoms in total. The minimum atomic E-state index is -0.523. The second-order valence-corrected chi connectivity index (χ2v) is 4.78. The van der Waals surface area contributed by atoms with Gasteiger partial charge in [-0.3, -0.25) is 10.2 Å². The third-order valence-electron chi connectivity index (χ3n) is 3.11. The fraction of sp³-hybridized carbons (Fsp3) is 0.0769. The van der Waals surface area contributed by atoms with Crippen LogP contribution in [0.5, 0.6) is 0 Å². The van der Waals surface area contributed by atoms with Gasteiger partial charge in [0.2, 0.25) is 0 Å². The van der Waals surface area contributed by atoms with Crippen molar-refractivity contribution in [2.45, 2.75) is 6.92 Å². The number of aryl methyl sites for hydroxylation is 1. The van der Waals surface area contributed by atoms with Crippen molar-refractivity contribution in [2.24, 2.45) is 0 Å². The molecule has 4 N–H and O–H groups in total. The molecule has 0 aliphatic rings. The number of halogens is 2. The lowest BCUT2D eigenvalue weighted by molar-refractivity contribution is 0.632. The Morgan fingerprint density at radius 2 is 2.05 bits per heavy atom. The lowest BCUT2D eigenvalue weighted by Gasteiger charge is -2.06. The van der Waals surface area contributed by atoms with E-state index < -0.39 is 5.82 Å². The molecule has 0 bridgehead atoms. The first-order valence-electron chi connectivity index (χ1n) is 5.88. The zero-order valence-corrected chi connectivity index (χ0v) is 11.3. The van der Waals surface area contributed by atoms with E-state index in [0.717, 1.165) is 11.3 Å². The van der Waals surface area contributed by atoms with Gasteiger partial charge in [-0.25, -0.2) is 4.39 Å². The molecule has 0 aliphatic carbocycles.